The zero-order valence-electron chi connectivity index (χ0n) is 17.6. The van der Waals surface area contributed by atoms with Crippen molar-refractivity contribution in [1.29, 1.82) is 0 Å². The van der Waals surface area contributed by atoms with Crippen LogP contribution in [-0.4, -0.2) is 35.9 Å². The molecule has 0 unspecified atom stereocenters. The highest BCUT2D eigenvalue weighted by molar-refractivity contribution is 6.30. The fraction of sp³-hybridized carbons (Fsp3) is 0.240. The van der Waals surface area contributed by atoms with Crippen LogP contribution in [0.1, 0.15) is 39.1 Å². The van der Waals surface area contributed by atoms with Gasteiger partial charge in [0.25, 0.3) is 11.8 Å². The number of nitrogens with one attached hydrogen (secondary N) is 2. The van der Waals surface area contributed by atoms with E-state index in [-0.39, 0.29) is 17.9 Å². The van der Waals surface area contributed by atoms with Crippen LogP contribution in [0.4, 0.5) is 5.69 Å². The Balaban J connectivity index is 1.35. The predicted octanol–water partition coefficient (Wildman–Crippen LogP) is 4.06. The van der Waals surface area contributed by atoms with E-state index >= 15 is 0 Å². The van der Waals surface area contributed by atoms with E-state index in [4.69, 9.17) is 11.6 Å². The van der Waals surface area contributed by atoms with Crippen molar-refractivity contribution in [3.05, 3.63) is 94.8 Å². The van der Waals surface area contributed by atoms with Gasteiger partial charge in [-0.2, -0.15) is 0 Å². The predicted molar refractivity (Wildman–Crippen MR) is 126 cm³/mol. The van der Waals surface area contributed by atoms with Crippen molar-refractivity contribution < 1.29 is 9.59 Å². The van der Waals surface area contributed by atoms with Crippen molar-refractivity contribution >= 4 is 29.1 Å². The van der Waals surface area contributed by atoms with E-state index in [0.29, 0.717) is 22.7 Å². The minimum Gasteiger partial charge on any atom is -0.371 e. The van der Waals surface area contributed by atoms with E-state index < -0.39 is 0 Å². The topological polar surface area (TPSA) is 74.3 Å². The molecular weight excluding hydrogens is 424 g/mol. The number of amides is 2. The SMILES string of the molecule is O=C(NC1CCN(c2ccccc2C(=O)NCc2cccnc2)CC1)c1cccc(Cl)c1. The Labute approximate surface area is 192 Å². The zero-order valence-corrected chi connectivity index (χ0v) is 18.4. The molecular formula is C25H25ClN4O2. The molecule has 1 aliphatic heterocycles. The van der Waals surface area contributed by atoms with Crippen molar-refractivity contribution in [2.45, 2.75) is 25.4 Å². The van der Waals surface area contributed by atoms with Gasteiger partial charge in [-0.05, 0) is 54.8 Å². The highest BCUT2D eigenvalue weighted by Gasteiger charge is 2.24. The molecule has 2 N–H and O–H groups in total. The van der Waals surface area contributed by atoms with Crippen molar-refractivity contribution in [3.63, 3.8) is 0 Å². The molecule has 3 aromatic rings. The number of rotatable bonds is 6. The fourth-order valence-electron chi connectivity index (χ4n) is 3.88. The summed E-state index contributed by atoms with van der Waals surface area (Å²) in [6, 6.07) is 18.5. The maximum atomic E-state index is 12.8. The number of benzene rings is 2. The van der Waals surface area contributed by atoms with Crippen molar-refractivity contribution in [2.75, 3.05) is 18.0 Å². The summed E-state index contributed by atoms with van der Waals surface area (Å²) in [5, 5.41) is 6.63. The van der Waals surface area contributed by atoms with Gasteiger partial charge in [0.15, 0.2) is 0 Å². The van der Waals surface area contributed by atoms with Crippen molar-refractivity contribution in [3.8, 4) is 0 Å². The van der Waals surface area contributed by atoms with Gasteiger partial charge in [-0.1, -0.05) is 35.9 Å². The maximum absolute atomic E-state index is 12.8. The standard InChI is InChI=1S/C25H25ClN4O2/c26-20-7-3-6-19(15-20)24(31)29-21-10-13-30(14-11-21)23-9-2-1-8-22(23)25(32)28-17-18-5-4-12-27-16-18/h1-9,12,15-16,21H,10-11,13-14,17H2,(H,28,32)(H,29,31). The number of carbonyl (C=O) groups excluding carboxylic acids is 2. The number of carbonyl (C=O) groups is 2. The molecule has 6 nitrogen and oxygen atoms in total. The van der Waals surface area contributed by atoms with Crippen LogP contribution in [0.15, 0.2) is 73.1 Å². The Morgan fingerprint density at radius 2 is 1.81 bits per heavy atom. The van der Waals surface area contributed by atoms with Gasteiger partial charge in [-0.25, -0.2) is 0 Å². The van der Waals surface area contributed by atoms with Gasteiger partial charge in [0.05, 0.1) is 5.56 Å². The molecule has 1 aromatic heterocycles. The fourth-order valence-corrected chi connectivity index (χ4v) is 4.08. The summed E-state index contributed by atoms with van der Waals surface area (Å²) in [5.74, 6) is -0.220. The van der Waals surface area contributed by atoms with E-state index in [1.54, 1.807) is 36.7 Å². The normalized spacial score (nSPS) is 14.1. The first-order valence-electron chi connectivity index (χ1n) is 10.7. The Bertz CT molecular complexity index is 1080. The summed E-state index contributed by atoms with van der Waals surface area (Å²) in [7, 11) is 0. The Morgan fingerprint density at radius 1 is 1.00 bits per heavy atom. The first kappa shape index (κ1) is 21.8. The molecule has 0 bridgehead atoms. The molecule has 0 saturated carbocycles. The van der Waals surface area contributed by atoms with Crippen LogP contribution in [-0.2, 0) is 6.54 Å². The van der Waals surface area contributed by atoms with Crippen LogP contribution in [0.3, 0.4) is 0 Å². The van der Waals surface area contributed by atoms with Gasteiger partial charge in [0.2, 0.25) is 0 Å². The minimum atomic E-state index is -0.110. The van der Waals surface area contributed by atoms with Crippen LogP contribution in [0, 0.1) is 0 Å². The van der Waals surface area contributed by atoms with E-state index in [2.05, 4.69) is 20.5 Å². The molecule has 0 aliphatic carbocycles. The molecule has 1 fully saturated rings. The van der Waals surface area contributed by atoms with Crippen LogP contribution in [0.25, 0.3) is 0 Å². The monoisotopic (exact) mass is 448 g/mol. The Hall–Kier alpha value is -3.38. The molecule has 4 rings (SSSR count). The van der Waals surface area contributed by atoms with E-state index in [1.165, 1.54) is 0 Å². The lowest BCUT2D eigenvalue weighted by Crippen LogP contribution is -2.45. The summed E-state index contributed by atoms with van der Waals surface area (Å²) in [4.78, 5) is 31.6. The van der Waals surface area contributed by atoms with E-state index in [0.717, 1.165) is 37.2 Å². The molecule has 0 radical (unpaired) electrons. The van der Waals surface area contributed by atoms with Crippen molar-refractivity contribution in [1.82, 2.24) is 15.6 Å². The number of piperidine rings is 1. The molecule has 7 heteroatoms. The van der Waals surface area contributed by atoms with Gasteiger partial charge in [-0.3, -0.25) is 14.6 Å². The van der Waals surface area contributed by atoms with Crippen LogP contribution < -0.4 is 15.5 Å². The molecule has 32 heavy (non-hydrogen) atoms. The largest absolute Gasteiger partial charge is 0.371 e. The lowest BCUT2D eigenvalue weighted by Gasteiger charge is -2.35. The number of pyridine rings is 1. The third-order valence-corrected chi connectivity index (χ3v) is 5.82. The zero-order chi connectivity index (χ0) is 22.3. The van der Waals surface area contributed by atoms with Gasteiger partial charge in [-0.15, -0.1) is 0 Å². The quantitative estimate of drug-likeness (QED) is 0.596. The lowest BCUT2D eigenvalue weighted by atomic mass is 10.0. The number of anilines is 1. The number of halogens is 1. The van der Waals surface area contributed by atoms with Gasteiger partial charge < -0.3 is 15.5 Å². The first-order valence-corrected chi connectivity index (χ1v) is 11.1. The average Bonchev–Trinajstić information content (AvgIpc) is 2.84. The molecule has 1 aliphatic rings. The molecule has 0 atom stereocenters. The van der Waals surface area contributed by atoms with Crippen LogP contribution in [0.2, 0.25) is 5.02 Å². The molecule has 0 spiro atoms. The highest BCUT2D eigenvalue weighted by atomic mass is 35.5. The number of hydrogen-bond acceptors (Lipinski definition) is 4. The number of para-hydroxylation sites is 1. The van der Waals surface area contributed by atoms with Crippen molar-refractivity contribution in [2.24, 2.45) is 0 Å². The summed E-state index contributed by atoms with van der Waals surface area (Å²) in [5.41, 5.74) is 3.08. The Kier molecular flexibility index (Phi) is 7.02. The Morgan fingerprint density at radius 3 is 2.56 bits per heavy atom. The number of hydrogen-bond donors (Lipinski definition) is 2. The summed E-state index contributed by atoms with van der Waals surface area (Å²) in [6.45, 7) is 1.94. The third kappa shape index (κ3) is 5.45. The van der Waals surface area contributed by atoms with Crippen LogP contribution >= 0.6 is 11.6 Å². The second-order valence-corrected chi connectivity index (χ2v) is 8.24. The lowest BCUT2D eigenvalue weighted by molar-refractivity contribution is 0.0929. The summed E-state index contributed by atoms with van der Waals surface area (Å²) < 4.78 is 0. The van der Waals surface area contributed by atoms with E-state index in [9.17, 15) is 9.59 Å². The molecule has 2 amide bonds. The van der Waals surface area contributed by atoms with Gasteiger partial charge in [0.1, 0.15) is 0 Å². The highest BCUT2D eigenvalue weighted by Crippen LogP contribution is 2.24. The molecule has 2 heterocycles. The second-order valence-electron chi connectivity index (χ2n) is 7.81. The van der Waals surface area contributed by atoms with Gasteiger partial charge >= 0.3 is 0 Å². The smallest absolute Gasteiger partial charge is 0.253 e. The number of nitrogens with zero attached hydrogens (tertiary/aromatic N) is 2. The third-order valence-electron chi connectivity index (χ3n) is 5.58. The molecule has 2 aromatic carbocycles. The number of aromatic nitrogens is 1. The summed E-state index contributed by atoms with van der Waals surface area (Å²) >= 11 is 5.99. The average molecular weight is 449 g/mol. The molecule has 164 valence electrons. The minimum absolute atomic E-state index is 0.0873. The molecule has 1 saturated heterocycles. The van der Waals surface area contributed by atoms with E-state index in [1.807, 2.05) is 36.4 Å². The summed E-state index contributed by atoms with van der Waals surface area (Å²) in [6.07, 6.45) is 5.06. The second kappa shape index (κ2) is 10.3. The maximum Gasteiger partial charge on any atom is 0.253 e. The van der Waals surface area contributed by atoms with Gasteiger partial charge in [0, 0.05) is 54.3 Å². The first-order chi connectivity index (χ1) is 15.6. The van der Waals surface area contributed by atoms with Crippen LogP contribution in [0.5, 0.6) is 0 Å².